The first-order valence-corrected chi connectivity index (χ1v) is 4.84. The van der Waals surface area contributed by atoms with Gasteiger partial charge in [0, 0.05) is 27.5 Å². The van der Waals surface area contributed by atoms with Crippen LogP contribution in [0.15, 0.2) is 22.8 Å². The fourth-order valence-electron chi connectivity index (χ4n) is 1.51. The molecule has 0 atom stereocenters. The van der Waals surface area contributed by atoms with Crippen molar-refractivity contribution in [2.24, 2.45) is 5.73 Å². The van der Waals surface area contributed by atoms with E-state index < -0.39 is 0 Å². The van der Waals surface area contributed by atoms with Crippen LogP contribution in [0, 0.1) is 0 Å². The summed E-state index contributed by atoms with van der Waals surface area (Å²) in [6.45, 7) is 0. The van der Waals surface area contributed by atoms with E-state index in [-0.39, 0.29) is 5.56 Å². The van der Waals surface area contributed by atoms with Gasteiger partial charge in [0.15, 0.2) is 0 Å². The Balaban J connectivity index is 2.71. The fourth-order valence-corrected chi connectivity index (χ4v) is 2.08. The molecule has 2 rings (SSSR count). The molecule has 0 radical (unpaired) electrons. The minimum atomic E-state index is -0.0121. The number of pyridine rings is 1. The molecule has 0 aliphatic heterocycles. The first-order valence-electron chi connectivity index (χ1n) is 4.05. The van der Waals surface area contributed by atoms with Gasteiger partial charge in [0.1, 0.15) is 0 Å². The van der Waals surface area contributed by atoms with Gasteiger partial charge in [-0.05, 0) is 34.8 Å². The summed E-state index contributed by atoms with van der Waals surface area (Å²) in [4.78, 5) is 14.0. The molecule has 3 nitrogen and oxygen atoms in total. The first-order chi connectivity index (χ1) is 6.20. The maximum atomic E-state index is 11.4. The Morgan fingerprint density at radius 1 is 1.46 bits per heavy atom. The normalized spacial score (nSPS) is 15.8. The summed E-state index contributed by atoms with van der Waals surface area (Å²) in [5.41, 5.74) is 8.32. The summed E-state index contributed by atoms with van der Waals surface area (Å²) in [6.07, 6.45) is 3.12. The second kappa shape index (κ2) is 3.03. The second-order valence-electron chi connectivity index (χ2n) is 3.04. The minimum absolute atomic E-state index is 0.0121. The molecule has 0 spiro atoms. The van der Waals surface area contributed by atoms with Gasteiger partial charge in [-0.1, -0.05) is 0 Å². The average molecular weight is 241 g/mol. The van der Waals surface area contributed by atoms with E-state index in [0.29, 0.717) is 0 Å². The summed E-state index contributed by atoms with van der Waals surface area (Å²) in [5.74, 6) is 0. The van der Waals surface area contributed by atoms with Crippen LogP contribution < -0.4 is 11.3 Å². The average Bonchev–Trinajstić information content (AvgIpc) is 2.12. The summed E-state index contributed by atoms with van der Waals surface area (Å²) < 4.78 is 0.861. The molecule has 68 valence electrons. The molecule has 0 amide bonds. The Morgan fingerprint density at radius 2 is 2.23 bits per heavy atom. The van der Waals surface area contributed by atoms with Gasteiger partial charge in [-0.25, -0.2) is 0 Å². The molecule has 1 aliphatic carbocycles. The Labute approximate surface area is 83.8 Å². The van der Waals surface area contributed by atoms with E-state index >= 15 is 0 Å². The summed E-state index contributed by atoms with van der Waals surface area (Å²) in [7, 11) is 0. The standard InChI is InChI=1S/C9H9BrN2O/c10-8-5-3-4-12-9(13)6(5)1-2-7(8)11/h3-4H,1-2,11H2,(H,12,13). The van der Waals surface area contributed by atoms with E-state index in [0.717, 1.165) is 34.1 Å². The molecule has 0 bridgehead atoms. The number of H-pyrrole nitrogens is 1. The Morgan fingerprint density at radius 3 is 3.00 bits per heavy atom. The van der Waals surface area contributed by atoms with Crippen molar-refractivity contribution in [2.45, 2.75) is 12.8 Å². The fraction of sp³-hybridized carbons (Fsp3) is 0.222. The van der Waals surface area contributed by atoms with Crippen LogP contribution >= 0.6 is 15.9 Å². The van der Waals surface area contributed by atoms with Crippen molar-refractivity contribution in [1.82, 2.24) is 4.98 Å². The van der Waals surface area contributed by atoms with E-state index in [4.69, 9.17) is 5.73 Å². The third-order valence-electron chi connectivity index (χ3n) is 2.23. The maximum Gasteiger partial charge on any atom is 0.251 e. The topological polar surface area (TPSA) is 58.9 Å². The molecule has 1 aromatic heterocycles. The third-order valence-corrected chi connectivity index (χ3v) is 3.16. The molecule has 13 heavy (non-hydrogen) atoms. The van der Waals surface area contributed by atoms with Gasteiger partial charge in [0.05, 0.1) is 0 Å². The van der Waals surface area contributed by atoms with E-state index in [1.54, 1.807) is 6.20 Å². The zero-order chi connectivity index (χ0) is 9.42. The van der Waals surface area contributed by atoms with Crippen LogP contribution in [0.1, 0.15) is 17.5 Å². The first kappa shape index (κ1) is 8.56. The summed E-state index contributed by atoms with van der Waals surface area (Å²) in [5, 5.41) is 0. The van der Waals surface area contributed by atoms with Crippen LogP contribution in [0.5, 0.6) is 0 Å². The minimum Gasteiger partial charge on any atom is -0.401 e. The van der Waals surface area contributed by atoms with Crippen LogP contribution in [0.25, 0.3) is 4.48 Å². The van der Waals surface area contributed by atoms with Crippen LogP contribution in [-0.2, 0) is 6.42 Å². The van der Waals surface area contributed by atoms with Crippen molar-refractivity contribution in [3.05, 3.63) is 39.4 Å². The Kier molecular flexibility index (Phi) is 2.00. The SMILES string of the molecule is NC1=C(Br)c2cc[nH]c(=O)c2CC1. The number of allylic oxidation sites excluding steroid dienone is 1. The lowest BCUT2D eigenvalue weighted by Crippen LogP contribution is -2.19. The van der Waals surface area contributed by atoms with Crippen molar-refractivity contribution in [3.8, 4) is 0 Å². The number of rotatable bonds is 0. The molecule has 0 unspecified atom stereocenters. The van der Waals surface area contributed by atoms with Crippen molar-refractivity contribution in [1.29, 1.82) is 0 Å². The number of nitrogens with one attached hydrogen (secondary N) is 1. The smallest absolute Gasteiger partial charge is 0.251 e. The number of fused-ring (bicyclic) bond motifs is 1. The van der Waals surface area contributed by atoms with Crippen LogP contribution in [-0.4, -0.2) is 4.98 Å². The Bertz CT molecular complexity index is 433. The van der Waals surface area contributed by atoms with Crippen molar-refractivity contribution in [2.75, 3.05) is 0 Å². The van der Waals surface area contributed by atoms with Gasteiger partial charge < -0.3 is 10.7 Å². The molecule has 1 heterocycles. The number of aromatic amines is 1. The maximum absolute atomic E-state index is 11.4. The second-order valence-corrected chi connectivity index (χ2v) is 3.83. The third kappa shape index (κ3) is 1.31. The highest BCUT2D eigenvalue weighted by Gasteiger charge is 2.17. The summed E-state index contributed by atoms with van der Waals surface area (Å²) >= 11 is 3.39. The lowest BCUT2D eigenvalue weighted by atomic mass is 9.97. The highest BCUT2D eigenvalue weighted by Crippen LogP contribution is 2.30. The molecule has 4 heteroatoms. The van der Waals surface area contributed by atoms with E-state index in [9.17, 15) is 4.79 Å². The molecule has 1 aliphatic rings. The van der Waals surface area contributed by atoms with E-state index in [2.05, 4.69) is 20.9 Å². The van der Waals surface area contributed by atoms with Gasteiger partial charge in [-0.3, -0.25) is 4.79 Å². The van der Waals surface area contributed by atoms with Crippen molar-refractivity contribution < 1.29 is 0 Å². The lowest BCUT2D eigenvalue weighted by Gasteiger charge is -2.15. The van der Waals surface area contributed by atoms with E-state index in [1.807, 2.05) is 6.07 Å². The molecular weight excluding hydrogens is 232 g/mol. The number of nitrogens with two attached hydrogens (primary N) is 1. The van der Waals surface area contributed by atoms with Crippen molar-refractivity contribution in [3.63, 3.8) is 0 Å². The largest absolute Gasteiger partial charge is 0.401 e. The number of halogens is 1. The van der Waals surface area contributed by atoms with E-state index in [1.165, 1.54) is 0 Å². The predicted molar refractivity (Wildman–Crippen MR) is 55.4 cm³/mol. The number of hydrogen-bond donors (Lipinski definition) is 2. The highest BCUT2D eigenvalue weighted by molar-refractivity contribution is 9.15. The lowest BCUT2D eigenvalue weighted by molar-refractivity contribution is 0.889. The number of aromatic nitrogens is 1. The predicted octanol–water partition coefficient (Wildman–Crippen LogP) is 1.34. The van der Waals surface area contributed by atoms with Gasteiger partial charge >= 0.3 is 0 Å². The molecular formula is C9H9BrN2O. The van der Waals surface area contributed by atoms with Crippen molar-refractivity contribution >= 4 is 20.4 Å². The molecule has 0 aromatic carbocycles. The van der Waals surface area contributed by atoms with Crippen LogP contribution in [0.4, 0.5) is 0 Å². The molecule has 0 saturated carbocycles. The monoisotopic (exact) mass is 240 g/mol. The van der Waals surface area contributed by atoms with Gasteiger partial charge in [-0.15, -0.1) is 0 Å². The molecule has 0 fully saturated rings. The molecule has 1 aromatic rings. The number of hydrogen-bond acceptors (Lipinski definition) is 2. The van der Waals surface area contributed by atoms with Crippen LogP contribution in [0.2, 0.25) is 0 Å². The van der Waals surface area contributed by atoms with Crippen LogP contribution in [0.3, 0.4) is 0 Å². The zero-order valence-corrected chi connectivity index (χ0v) is 8.52. The van der Waals surface area contributed by atoms with Gasteiger partial charge in [-0.2, -0.15) is 0 Å². The van der Waals surface area contributed by atoms with Gasteiger partial charge in [0.2, 0.25) is 0 Å². The molecule has 3 N–H and O–H groups in total. The quantitative estimate of drug-likeness (QED) is 0.720. The molecule has 0 saturated heterocycles. The Hall–Kier alpha value is -1.03. The van der Waals surface area contributed by atoms with Gasteiger partial charge in [0.25, 0.3) is 5.56 Å². The summed E-state index contributed by atoms with van der Waals surface area (Å²) in [6, 6.07) is 1.87. The highest BCUT2D eigenvalue weighted by atomic mass is 79.9. The zero-order valence-electron chi connectivity index (χ0n) is 6.93.